The Morgan fingerprint density at radius 1 is 0.457 bits per heavy atom. The number of nitrogen functional groups attached to an aromatic ring is 3. The number of non-ortho nitro benzene ring substituents is 2. The van der Waals surface area contributed by atoms with E-state index in [0.717, 1.165) is 61.5 Å². The molecule has 0 saturated heterocycles. The van der Waals surface area contributed by atoms with Crippen molar-refractivity contribution in [3.8, 4) is 0 Å². The van der Waals surface area contributed by atoms with E-state index in [2.05, 4.69) is 51.6 Å². The first kappa shape index (κ1) is 58.1. The summed E-state index contributed by atoms with van der Waals surface area (Å²) in [5, 5.41) is 35.2. The quantitative estimate of drug-likeness (QED) is 0.0476. The van der Waals surface area contributed by atoms with E-state index < -0.39 is 14.8 Å². The Hall–Kier alpha value is -10.6. The minimum Gasteiger partial charge on any atom is -0.397 e. The topological polar surface area (TPSA) is 310 Å². The molecule has 0 radical (unpaired) electrons. The zero-order chi connectivity index (χ0) is 55.4. The van der Waals surface area contributed by atoms with Crippen LogP contribution in [0.1, 0.15) is 24.1 Å². The number of aromatic nitrogens is 9. The lowest BCUT2D eigenvalue weighted by Crippen LogP contribution is -1.99. The molecule has 0 spiro atoms. The van der Waals surface area contributed by atoms with E-state index in [1.807, 2.05) is 120 Å². The number of nitro groups is 3. The lowest BCUT2D eigenvalue weighted by atomic mass is 10.1. The van der Waals surface area contributed by atoms with Crippen LogP contribution in [-0.2, 0) is 19.0 Å². The van der Waals surface area contributed by atoms with E-state index in [-0.39, 0.29) is 48.3 Å². The van der Waals surface area contributed by atoms with Gasteiger partial charge in [-0.2, -0.15) is 0 Å². The number of alkyl halides is 1. The largest absolute Gasteiger partial charge is 0.397 e. The van der Waals surface area contributed by atoms with Crippen LogP contribution in [0.15, 0.2) is 201 Å². The number of H-pyrrole nitrogens is 1. The van der Waals surface area contributed by atoms with Gasteiger partial charge in [0.2, 0.25) is 0 Å². The molecular formula is C58H51Cl2N15O6. The second kappa shape index (κ2) is 26.6. The van der Waals surface area contributed by atoms with Crippen molar-refractivity contribution in [1.29, 1.82) is 0 Å². The molecule has 0 amide bonds. The van der Waals surface area contributed by atoms with Crippen LogP contribution in [0.2, 0.25) is 0 Å². The lowest BCUT2D eigenvalue weighted by molar-refractivity contribution is -0.383. The summed E-state index contributed by atoms with van der Waals surface area (Å²) in [6.07, 6.45) is 10.4. The van der Waals surface area contributed by atoms with Gasteiger partial charge in [-0.25, -0.2) is 15.0 Å². The molecule has 6 aromatic heterocycles. The molecule has 0 atom stereocenters. The smallest absolute Gasteiger partial charge is 0.297 e. The van der Waals surface area contributed by atoms with E-state index >= 15 is 0 Å². The van der Waals surface area contributed by atoms with Crippen molar-refractivity contribution >= 4 is 124 Å². The maximum Gasteiger partial charge on any atom is 0.297 e. The molecule has 0 aliphatic rings. The summed E-state index contributed by atoms with van der Waals surface area (Å²) in [6.45, 7) is 1.34. The molecule has 23 heteroatoms. The van der Waals surface area contributed by atoms with Crippen molar-refractivity contribution in [2.24, 2.45) is 0 Å². The van der Waals surface area contributed by atoms with Crippen LogP contribution in [0.5, 0.6) is 0 Å². The summed E-state index contributed by atoms with van der Waals surface area (Å²) in [4.78, 5) is 58.7. The third kappa shape index (κ3) is 13.2. The molecule has 7 N–H and O–H groups in total. The Bertz CT molecular complexity index is 4330. The number of pyridine rings is 3. The van der Waals surface area contributed by atoms with Crippen LogP contribution in [0.3, 0.4) is 0 Å². The maximum absolute atomic E-state index is 11.1. The minimum absolute atomic E-state index is 0. The summed E-state index contributed by atoms with van der Waals surface area (Å²) in [6, 6.07) is 50.1. The molecule has 0 fully saturated rings. The van der Waals surface area contributed by atoms with Crippen LogP contribution in [0.25, 0.3) is 65.8 Å². The van der Waals surface area contributed by atoms with Crippen LogP contribution in [-0.4, -0.2) is 58.8 Å². The number of para-hydroxylation sites is 7. The first-order valence-corrected chi connectivity index (χ1v) is 24.6. The fourth-order valence-electron chi connectivity index (χ4n) is 8.63. The number of nitrogens with two attached hydrogens (primary N) is 3. The summed E-state index contributed by atoms with van der Waals surface area (Å²) >= 11 is 5.78. The third-order valence-corrected chi connectivity index (χ3v) is 12.8. The number of aromatic amines is 1. The zero-order valence-electron chi connectivity index (χ0n) is 42.1. The summed E-state index contributed by atoms with van der Waals surface area (Å²) in [5.41, 5.74) is 28.1. The number of hydrogen-bond acceptors (Lipinski definition) is 15. The molecule has 0 aliphatic carbocycles. The number of nitrogens with zero attached hydrogens (tertiary/aromatic N) is 11. The molecule has 13 aromatic rings. The van der Waals surface area contributed by atoms with Gasteiger partial charge in [0.1, 0.15) is 11.2 Å². The van der Waals surface area contributed by atoms with E-state index in [9.17, 15) is 30.3 Å². The van der Waals surface area contributed by atoms with Gasteiger partial charge in [0, 0.05) is 71.9 Å². The molecule has 0 bridgehead atoms. The normalized spacial score (nSPS) is 10.4. The molecule has 0 aliphatic heterocycles. The Labute approximate surface area is 472 Å². The molecular weight excluding hydrogens is 1070 g/mol. The number of imidazole rings is 3. The van der Waals surface area contributed by atoms with Gasteiger partial charge in [-0.15, -0.1) is 24.0 Å². The Morgan fingerprint density at radius 2 is 0.877 bits per heavy atom. The lowest BCUT2D eigenvalue weighted by Gasteiger charge is -2.08. The van der Waals surface area contributed by atoms with E-state index in [1.54, 1.807) is 36.9 Å². The van der Waals surface area contributed by atoms with Crippen molar-refractivity contribution in [1.82, 2.24) is 44.0 Å². The number of hydrogen-bond donors (Lipinski definition) is 4. The first-order chi connectivity index (χ1) is 38.4. The number of anilines is 3. The summed E-state index contributed by atoms with van der Waals surface area (Å²) < 4.78 is 4.04. The maximum atomic E-state index is 11.1. The Kier molecular flexibility index (Phi) is 19.1. The molecule has 0 saturated carbocycles. The SMILES string of the molecule is C.Cl.ClCc1ccnc2ccccc12.Nc1cccc([N+](=O)[O-])c1N.Nc1cccc2c1ncn2Cc1ccnc2ccccc12.O=[N+]([O-])c1cccc2[nH]cnc12.O=[N+]([O-])c1cccc2c1ncn2Cc1ccnc2ccccc12. The third-order valence-electron chi connectivity index (χ3n) is 12.5. The van der Waals surface area contributed by atoms with Gasteiger partial charge in [-0.05, 0) is 83.4 Å². The predicted molar refractivity (Wildman–Crippen MR) is 322 cm³/mol. The van der Waals surface area contributed by atoms with Crippen molar-refractivity contribution in [3.63, 3.8) is 0 Å². The van der Waals surface area contributed by atoms with Gasteiger partial charge in [0.05, 0.1) is 78.2 Å². The van der Waals surface area contributed by atoms with Crippen LogP contribution in [0, 0.1) is 30.3 Å². The van der Waals surface area contributed by atoms with Crippen LogP contribution in [0.4, 0.5) is 34.1 Å². The number of fused-ring (bicyclic) bond motifs is 6. The van der Waals surface area contributed by atoms with E-state index in [0.29, 0.717) is 34.7 Å². The highest BCUT2D eigenvalue weighted by atomic mass is 35.5. The molecule has 81 heavy (non-hydrogen) atoms. The monoisotopic (exact) mass is 1120 g/mol. The molecule has 408 valence electrons. The minimum atomic E-state index is -0.564. The average Bonchev–Trinajstić information content (AvgIpc) is 4.41. The number of benzene rings is 7. The summed E-state index contributed by atoms with van der Waals surface area (Å²) in [5.74, 6) is 0.545. The van der Waals surface area contributed by atoms with Crippen molar-refractivity contribution in [3.05, 3.63) is 248 Å². The fraction of sp³-hybridized carbons (Fsp3) is 0.0690. The molecule has 7 aromatic carbocycles. The summed E-state index contributed by atoms with van der Waals surface area (Å²) in [7, 11) is 0. The van der Waals surface area contributed by atoms with Gasteiger partial charge in [-0.3, -0.25) is 45.3 Å². The first-order valence-electron chi connectivity index (χ1n) is 24.1. The predicted octanol–water partition coefficient (Wildman–Crippen LogP) is 13.0. The molecule has 13 rings (SSSR count). The fourth-order valence-corrected chi connectivity index (χ4v) is 8.87. The molecule has 21 nitrogen and oxygen atoms in total. The van der Waals surface area contributed by atoms with E-state index in [1.165, 1.54) is 47.6 Å². The van der Waals surface area contributed by atoms with Crippen LogP contribution < -0.4 is 17.2 Å². The van der Waals surface area contributed by atoms with E-state index in [4.69, 9.17) is 28.8 Å². The number of nitrogens with one attached hydrogen (secondary N) is 1. The van der Waals surface area contributed by atoms with Crippen molar-refractivity contribution in [2.75, 3.05) is 17.2 Å². The Balaban J connectivity index is 0.000000150. The molecule has 6 heterocycles. The second-order valence-corrected chi connectivity index (χ2v) is 17.6. The highest BCUT2D eigenvalue weighted by Gasteiger charge is 2.17. The highest BCUT2D eigenvalue weighted by molar-refractivity contribution is 6.18. The van der Waals surface area contributed by atoms with Crippen molar-refractivity contribution in [2.45, 2.75) is 26.4 Å². The number of rotatable bonds is 8. The highest BCUT2D eigenvalue weighted by Crippen LogP contribution is 2.28. The van der Waals surface area contributed by atoms with Gasteiger partial charge in [0.25, 0.3) is 17.1 Å². The van der Waals surface area contributed by atoms with Gasteiger partial charge in [-0.1, -0.05) is 86.3 Å². The standard InChI is InChI=1S/C17H12N4O2.C17H14N4.C10H8ClN.C7H5N3O2.C6H7N3O2.CH4.ClH/c22-21(23)16-7-3-6-15-17(16)19-11-20(15)10-12-8-9-18-14-5-2-1-4-13(12)14;18-14-5-3-7-16-17(14)20-11-21(16)10-12-8-9-19-15-6-2-1-4-13(12)15;11-7-8-5-6-12-10-4-2-1-3-9(8)10;11-10(12)6-3-1-2-5-7(6)9-4-8-5;7-4-2-1-3-5(6(4)8)9(10)11;;/h1-9,11H,10H2;1-9,11H,10,18H2;1-6H,7H2;1-4H,(H,8,9);1-3H,7-8H2;1H4;1H. The zero-order valence-corrected chi connectivity index (χ0v) is 43.6. The Morgan fingerprint density at radius 3 is 1.40 bits per heavy atom. The second-order valence-electron chi connectivity index (χ2n) is 17.3. The molecule has 0 unspecified atom stereocenters. The van der Waals surface area contributed by atoms with Crippen LogP contribution >= 0.6 is 24.0 Å². The van der Waals surface area contributed by atoms with Gasteiger partial charge < -0.3 is 31.3 Å². The van der Waals surface area contributed by atoms with Gasteiger partial charge >= 0.3 is 0 Å². The average molecular weight is 1130 g/mol. The van der Waals surface area contributed by atoms with Crippen molar-refractivity contribution < 1.29 is 14.8 Å². The number of halogens is 2. The van der Waals surface area contributed by atoms with Gasteiger partial charge in [0.15, 0.2) is 11.0 Å². The number of nitro benzene ring substituents is 3.